The lowest BCUT2D eigenvalue weighted by Gasteiger charge is -2.26. The maximum Gasteiger partial charge on any atom is 0.224 e. The quantitative estimate of drug-likeness (QED) is 0.271. The fraction of sp³-hybridized carbons (Fsp3) is 0.480. The van der Waals surface area contributed by atoms with Crippen LogP contribution in [0.15, 0.2) is 30.3 Å². The van der Waals surface area contributed by atoms with Gasteiger partial charge in [0.1, 0.15) is 24.2 Å². The summed E-state index contributed by atoms with van der Waals surface area (Å²) in [6.07, 6.45) is 0.513. The molecule has 3 N–H and O–H groups in total. The molecule has 2 aromatic carbocycles. The molecule has 0 bridgehead atoms. The highest BCUT2D eigenvalue weighted by molar-refractivity contribution is 5.96. The Morgan fingerprint density at radius 3 is 2.49 bits per heavy atom. The van der Waals surface area contributed by atoms with Gasteiger partial charge >= 0.3 is 0 Å². The summed E-state index contributed by atoms with van der Waals surface area (Å²) in [5.41, 5.74) is 1.41. The van der Waals surface area contributed by atoms with Crippen LogP contribution < -0.4 is 29.1 Å². The second kappa shape index (κ2) is 13.0. The summed E-state index contributed by atoms with van der Waals surface area (Å²) in [5, 5.41) is 24.1. The van der Waals surface area contributed by atoms with Gasteiger partial charge in [-0.05, 0) is 37.6 Å². The molecule has 2 aromatic rings. The molecular formula is C25H34N2O8. The first-order valence-electron chi connectivity index (χ1n) is 11.6. The van der Waals surface area contributed by atoms with E-state index in [2.05, 4.69) is 5.32 Å². The number of ether oxygens (including phenoxy) is 4. The fourth-order valence-electron chi connectivity index (χ4n) is 3.66. The first kappa shape index (κ1) is 26.4. The summed E-state index contributed by atoms with van der Waals surface area (Å²) < 4.78 is 22.2. The largest absolute Gasteiger partial charge is 0.493 e. The molecule has 1 unspecified atom stereocenters. The van der Waals surface area contributed by atoms with Crippen molar-refractivity contribution in [3.05, 3.63) is 35.9 Å². The summed E-state index contributed by atoms with van der Waals surface area (Å²) >= 11 is 0. The highest BCUT2D eigenvalue weighted by atomic mass is 16.7. The maximum absolute atomic E-state index is 11.9. The summed E-state index contributed by atoms with van der Waals surface area (Å²) in [6.45, 7) is 3.07. The van der Waals surface area contributed by atoms with Gasteiger partial charge in [-0.25, -0.2) is 0 Å². The molecule has 0 aromatic heterocycles. The van der Waals surface area contributed by atoms with Crippen molar-refractivity contribution in [1.29, 1.82) is 0 Å². The lowest BCUT2D eigenvalue weighted by Crippen LogP contribution is -2.37. The number of nitrogens with zero attached hydrogens (tertiary/aromatic N) is 1. The first-order chi connectivity index (χ1) is 17.0. The molecule has 1 amide bonds. The van der Waals surface area contributed by atoms with Crippen molar-refractivity contribution in [2.45, 2.75) is 32.3 Å². The second-order valence-electron chi connectivity index (χ2n) is 7.94. The zero-order valence-corrected chi connectivity index (χ0v) is 20.4. The van der Waals surface area contributed by atoms with Gasteiger partial charge in [-0.2, -0.15) is 0 Å². The van der Waals surface area contributed by atoms with Crippen molar-refractivity contribution in [2.24, 2.45) is 0 Å². The number of carbonyl (C=O) groups is 1. The lowest BCUT2D eigenvalue weighted by molar-refractivity contribution is -0.116. The number of benzene rings is 2. The number of hydrogen-bond donors (Lipinski definition) is 3. The molecule has 0 saturated heterocycles. The number of hydroxylamine groups is 2. The lowest BCUT2D eigenvalue weighted by atomic mass is 10.0. The first-order valence-corrected chi connectivity index (χ1v) is 11.6. The number of carbonyl (C=O) groups excluding carboxylic acids is 1. The van der Waals surface area contributed by atoms with E-state index in [1.54, 1.807) is 49.6 Å². The smallest absolute Gasteiger partial charge is 0.224 e. The van der Waals surface area contributed by atoms with Crippen LogP contribution in [0, 0.1) is 0 Å². The molecule has 10 heteroatoms. The van der Waals surface area contributed by atoms with E-state index >= 15 is 0 Å². The molecule has 0 aliphatic carbocycles. The minimum atomic E-state index is -0.829. The topological polar surface area (TPSA) is 119 Å². The van der Waals surface area contributed by atoms with Gasteiger partial charge in [0.15, 0.2) is 17.2 Å². The molecule has 35 heavy (non-hydrogen) atoms. The van der Waals surface area contributed by atoms with Crippen molar-refractivity contribution in [3.63, 3.8) is 0 Å². The Balaban J connectivity index is 1.61. The second-order valence-corrected chi connectivity index (χ2v) is 7.94. The van der Waals surface area contributed by atoms with Crippen LogP contribution in [0.5, 0.6) is 28.7 Å². The number of rotatable bonds is 14. The Morgan fingerprint density at radius 1 is 1.03 bits per heavy atom. The maximum atomic E-state index is 11.9. The standard InChI is InChI=1S/C25H34N2O8/c1-4-27(35-18-6-8-21(31-2)23(14-18)32-3)15-17(29)16-34-20-9-10-22(33-13-5-12-28)25-19(20)7-11-24(30)26-25/h6,8-10,14,17,28-29H,4-5,7,11-13,15-16H2,1-3H3,(H,26,30). The van der Waals surface area contributed by atoms with Gasteiger partial charge in [0.25, 0.3) is 0 Å². The van der Waals surface area contributed by atoms with E-state index in [-0.39, 0.29) is 25.7 Å². The van der Waals surface area contributed by atoms with Crippen LogP contribution in [0.2, 0.25) is 0 Å². The summed E-state index contributed by atoms with van der Waals surface area (Å²) in [6, 6.07) is 8.73. The van der Waals surface area contributed by atoms with E-state index in [0.29, 0.717) is 66.8 Å². The minimum Gasteiger partial charge on any atom is -0.493 e. The van der Waals surface area contributed by atoms with E-state index in [1.165, 1.54) is 0 Å². The SMILES string of the molecule is CCN(CC(O)COc1ccc(OCCCO)c2c1CCC(=O)N2)Oc1ccc(OC)c(OC)c1. The van der Waals surface area contributed by atoms with Crippen LogP contribution >= 0.6 is 0 Å². The average Bonchev–Trinajstić information content (AvgIpc) is 2.87. The number of likely N-dealkylation sites (N-methyl/N-ethyl adjacent to an activating group) is 1. The number of fused-ring (bicyclic) bond motifs is 1. The predicted molar refractivity (Wildman–Crippen MR) is 130 cm³/mol. The highest BCUT2D eigenvalue weighted by Gasteiger charge is 2.24. The number of aliphatic hydroxyl groups is 2. The number of anilines is 1. The molecule has 0 saturated carbocycles. The molecule has 3 rings (SSSR count). The Hall–Kier alpha value is -3.21. The molecule has 1 atom stereocenters. The van der Waals surface area contributed by atoms with Crippen LogP contribution in [0.25, 0.3) is 0 Å². The number of amides is 1. The zero-order chi connectivity index (χ0) is 25.2. The van der Waals surface area contributed by atoms with Gasteiger partial charge < -0.3 is 39.3 Å². The summed E-state index contributed by atoms with van der Waals surface area (Å²) in [4.78, 5) is 17.8. The van der Waals surface area contributed by atoms with Gasteiger partial charge in [-0.3, -0.25) is 4.79 Å². The van der Waals surface area contributed by atoms with Crippen molar-refractivity contribution in [1.82, 2.24) is 5.06 Å². The molecule has 0 radical (unpaired) electrons. The van der Waals surface area contributed by atoms with Gasteiger partial charge in [0, 0.05) is 37.6 Å². The van der Waals surface area contributed by atoms with Gasteiger partial charge in [-0.1, -0.05) is 0 Å². The Labute approximate surface area is 205 Å². The van der Waals surface area contributed by atoms with Crippen molar-refractivity contribution < 1.29 is 38.8 Å². The van der Waals surface area contributed by atoms with Crippen LogP contribution in [0.1, 0.15) is 25.3 Å². The molecule has 0 spiro atoms. The Morgan fingerprint density at radius 2 is 1.77 bits per heavy atom. The van der Waals surface area contributed by atoms with Crippen molar-refractivity contribution >= 4 is 11.6 Å². The molecule has 10 nitrogen and oxygen atoms in total. The number of methoxy groups -OCH3 is 2. The molecule has 0 fully saturated rings. The minimum absolute atomic E-state index is 0.0259. The average molecular weight is 491 g/mol. The van der Waals surface area contributed by atoms with E-state index in [0.717, 1.165) is 5.56 Å². The van der Waals surface area contributed by atoms with Gasteiger partial charge in [-0.15, -0.1) is 5.06 Å². The third-order valence-electron chi connectivity index (χ3n) is 5.45. The van der Waals surface area contributed by atoms with E-state index < -0.39 is 6.10 Å². The van der Waals surface area contributed by atoms with Crippen LogP contribution in [-0.2, 0) is 11.2 Å². The Bertz CT molecular complexity index is 984. The third kappa shape index (κ3) is 7.14. The highest BCUT2D eigenvalue weighted by Crippen LogP contribution is 2.39. The molecule has 192 valence electrons. The van der Waals surface area contributed by atoms with Crippen LogP contribution in [0.4, 0.5) is 5.69 Å². The van der Waals surface area contributed by atoms with Gasteiger partial charge in [0.05, 0.1) is 33.1 Å². The van der Waals surface area contributed by atoms with Crippen LogP contribution in [0.3, 0.4) is 0 Å². The third-order valence-corrected chi connectivity index (χ3v) is 5.45. The van der Waals surface area contributed by atoms with E-state index in [4.69, 9.17) is 28.9 Å². The monoisotopic (exact) mass is 490 g/mol. The normalized spacial score (nSPS) is 13.6. The molecule has 1 aliphatic rings. The van der Waals surface area contributed by atoms with Crippen molar-refractivity contribution in [2.75, 3.05) is 52.4 Å². The molecule has 1 aliphatic heterocycles. The van der Waals surface area contributed by atoms with Crippen LogP contribution in [-0.4, -0.2) is 74.4 Å². The summed E-state index contributed by atoms with van der Waals surface area (Å²) in [5.74, 6) is 2.73. The van der Waals surface area contributed by atoms with E-state index in [9.17, 15) is 9.90 Å². The number of aliphatic hydroxyl groups excluding tert-OH is 2. The van der Waals surface area contributed by atoms with E-state index in [1.807, 2.05) is 6.92 Å². The zero-order valence-electron chi connectivity index (χ0n) is 20.4. The fourth-order valence-corrected chi connectivity index (χ4v) is 3.66. The predicted octanol–water partition coefficient (Wildman–Crippen LogP) is 2.41. The van der Waals surface area contributed by atoms with Crippen molar-refractivity contribution in [3.8, 4) is 28.7 Å². The number of nitrogens with one attached hydrogen (secondary N) is 1. The summed E-state index contributed by atoms with van der Waals surface area (Å²) in [7, 11) is 3.12. The molecular weight excluding hydrogens is 456 g/mol. The molecule has 1 heterocycles. The number of hydrogen-bond acceptors (Lipinski definition) is 9. The van der Waals surface area contributed by atoms with Gasteiger partial charge in [0.2, 0.25) is 5.91 Å². The Kier molecular flexibility index (Phi) is 9.83.